The van der Waals surface area contributed by atoms with Gasteiger partial charge in [0.1, 0.15) is 10.9 Å². The fraction of sp³-hybridized carbons (Fsp3) is 0.200. The second kappa shape index (κ2) is 8.13. The molecule has 4 heterocycles. The van der Waals surface area contributed by atoms with Gasteiger partial charge in [-0.05, 0) is 36.7 Å². The molecule has 0 saturated heterocycles. The SMILES string of the molecule is CCOC(=O)c1sc(N2C(=O)C(O)=C(C(=O)c3cccs3)[C@@H]2c2cccs2)nc1C. The molecule has 1 aliphatic heterocycles. The van der Waals surface area contributed by atoms with Crippen molar-refractivity contribution in [2.75, 3.05) is 11.5 Å². The van der Waals surface area contributed by atoms with E-state index in [1.807, 2.05) is 11.4 Å². The van der Waals surface area contributed by atoms with Crippen molar-refractivity contribution in [1.29, 1.82) is 0 Å². The van der Waals surface area contributed by atoms with E-state index in [0.29, 0.717) is 15.4 Å². The summed E-state index contributed by atoms with van der Waals surface area (Å²) in [7, 11) is 0. The smallest absolute Gasteiger partial charge is 0.350 e. The van der Waals surface area contributed by atoms with Crippen molar-refractivity contribution >= 4 is 56.8 Å². The second-order valence-electron chi connectivity index (χ2n) is 6.29. The highest BCUT2D eigenvalue weighted by Gasteiger charge is 2.46. The molecular formula is C20H16N2O5S3. The van der Waals surface area contributed by atoms with E-state index in [1.165, 1.54) is 27.6 Å². The lowest BCUT2D eigenvalue weighted by Gasteiger charge is -2.22. The lowest BCUT2D eigenvalue weighted by Crippen LogP contribution is -2.30. The van der Waals surface area contributed by atoms with Crippen LogP contribution in [-0.4, -0.2) is 34.4 Å². The number of nitrogens with zero attached hydrogens (tertiary/aromatic N) is 2. The van der Waals surface area contributed by atoms with E-state index in [4.69, 9.17) is 4.74 Å². The molecule has 154 valence electrons. The number of esters is 1. The molecule has 0 bridgehead atoms. The number of hydrogen-bond donors (Lipinski definition) is 1. The van der Waals surface area contributed by atoms with Crippen LogP contribution in [0.4, 0.5) is 5.13 Å². The first-order valence-corrected chi connectivity index (χ1v) is 11.5. The monoisotopic (exact) mass is 460 g/mol. The Morgan fingerprint density at radius 3 is 2.60 bits per heavy atom. The van der Waals surface area contributed by atoms with Crippen molar-refractivity contribution in [3.05, 3.63) is 66.7 Å². The van der Waals surface area contributed by atoms with Crippen LogP contribution in [0.1, 0.15) is 42.9 Å². The first-order valence-electron chi connectivity index (χ1n) is 8.96. The van der Waals surface area contributed by atoms with Gasteiger partial charge >= 0.3 is 5.97 Å². The molecule has 3 aromatic heterocycles. The third-order valence-electron chi connectivity index (χ3n) is 4.46. The van der Waals surface area contributed by atoms with Gasteiger partial charge in [0.2, 0.25) is 5.78 Å². The maximum atomic E-state index is 13.1. The molecule has 0 aliphatic carbocycles. The molecule has 0 spiro atoms. The lowest BCUT2D eigenvalue weighted by molar-refractivity contribution is -0.117. The van der Waals surface area contributed by atoms with Gasteiger partial charge in [-0.2, -0.15) is 0 Å². The van der Waals surface area contributed by atoms with E-state index in [0.717, 1.165) is 11.3 Å². The van der Waals surface area contributed by atoms with Crippen LogP contribution in [0.3, 0.4) is 0 Å². The Balaban J connectivity index is 1.81. The number of aliphatic hydroxyl groups is 1. The summed E-state index contributed by atoms with van der Waals surface area (Å²) in [5.41, 5.74) is 0.430. The van der Waals surface area contributed by atoms with Crippen molar-refractivity contribution in [3.63, 3.8) is 0 Å². The van der Waals surface area contributed by atoms with Gasteiger partial charge in [-0.3, -0.25) is 14.5 Å². The third-order valence-corrected chi connectivity index (χ3v) is 7.39. The number of ketones is 1. The van der Waals surface area contributed by atoms with Crippen LogP contribution in [-0.2, 0) is 9.53 Å². The number of rotatable bonds is 6. The van der Waals surface area contributed by atoms with Crippen LogP contribution in [0.25, 0.3) is 0 Å². The molecule has 1 N–H and O–H groups in total. The highest BCUT2D eigenvalue weighted by atomic mass is 32.1. The molecule has 1 amide bonds. The number of amides is 1. The molecule has 4 rings (SSSR count). The van der Waals surface area contributed by atoms with Crippen LogP contribution >= 0.6 is 34.0 Å². The molecule has 0 aromatic carbocycles. The number of thiazole rings is 1. The van der Waals surface area contributed by atoms with E-state index >= 15 is 0 Å². The quantitative estimate of drug-likeness (QED) is 0.429. The Morgan fingerprint density at radius 1 is 1.23 bits per heavy atom. The average Bonchev–Trinajstić information content (AvgIpc) is 3.50. The molecule has 7 nitrogen and oxygen atoms in total. The largest absolute Gasteiger partial charge is 0.503 e. The Morgan fingerprint density at radius 2 is 1.97 bits per heavy atom. The number of aliphatic hydroxyl groups excluding tert-OH is 1. The van der Waals surface area contributed by atoms with Crippen LogP contribution in [0.5, 0.6) is 0 Å². The van der Waals surface area contributed by atoms with E-state index in [-0.39, 0.29) is 22.2 Å². The van der Waals surface area contributed by atoms with Crippen molar-refractivity contribution in [1.82, 2.24) is 4.98 Å². The highest BCUT2D eigenvalue weighted by molar-refractivity contribution is 7.17. The summed E-state index contributed by atoms with van der Waals surface area (Å²) < 4.78 is 5.06. The summed E-state index contributed by atoms with van der Waals surface area (Å²) in [5.74, 6) is -2.25. The summed E-state index contributed by atoms with van der Waals surface area (Å²) in [5, 5.41) is 14.5. The fourth-order valence-corrected chi connectivity index (χ4v) is 5.65. The molecule has 0 radical (unpaired) electrons. The zero-order chi connectivity index (χ0) is 21.4. The lowest BCUT2D eigenvalue weighted by atomic mass is 10.0. The maximum Gasteiger partial charge on any atom is 0.350 e. The van der Waals surface area contributed by atoms with Crippen LogP contribution in [0.2, 0.25) is 0 Å². The van der Waals surface area contributed by atoms with E-state index in [1.54, 1.807) is 37.4 Å². The van der Waals surface area contributed by atoms with E-state index in [2.05, 4.69) is 4.98 Å². The second-order valence-corrected chi connectivity index (χ2v) is 9.20. The van der Waals surface area contributed by atoms with Gasteiger partial charge in [0.05, 0.1) is 22.8 Å². The van der Waals surface area contributed by atoms with Gasteiger partial charge in [0.15, 0.2) is 10.9 Å². The van der Waals surface area contributed by atoms with Crippen LogP contribution in [0.15, 0.2) is 46.4 Å². The maximum absolute atomic E-state index is 13.1. The zero-order valence-corrected chi connectivity index (χ0v) is 18.4. The van der Waals surface area contributed by atoms with Crippen LogP contribution in [0, 0.1) is 6.92 Å². The Hall–Kier alpha value is -2.82. The molecule has 1 atom stereocenters. The Kier molecular flexibility index (Phi) is 5.54. The standard InChI is InChI=1S/C20H16N2O5S3/c1-3-27-19(26)17-10(2)21-20(30-17)22-14(11-6-4-8-28-11)13(16(24)18(22)25)15(23)12-7-5-9-29-12/h4-9,14,24H,3H2,1-2H3/t14-/m0/s1. The van der Waals surface area contributed by atoms with Crippen LogP contribution < -0.4 is 4.90 Å². The molecule has 0 fully saturated rings. The molecule has 0 unspecified atom stereocenters. The average molecular weight is 461 g/mol. The summed E-state index contributed by atoms with van der Waals surface area (Å²) in [6, 6.07) is 6.16. The third kappa shape index (κ3) is 3.36. The molecule has 3 aromatic rings. The van der Waals surface area contributed by atoms with Crippen molar-refractivity contribution in [3.8, 4) is 0 Å². The summed E-state index contributed by atoms with van der Waals surface area (Å²) in [4.78, 5) is 45.5. The highest BCUT2D eigenvalue weighted by Crippen LogP contribution is 2.45. The Bertz CT molecular complexity index is 1150. The van der Waals surface area contributed by atoms with Crippen molar-refractivity contribution in [2.45, 2.75) is 19.9 Å². The minimum absolute atomic E-state index is 0.00966. The Labute approximate surface area is 183 Å². The molecular weight excluding hydrogens is 444 g/mol. The van der Waals surface area contributed by atoms with E-state index in [9.17, 15) is 19.5 Å². The molecule has 30 heavy (non-hydrogen) atoms. The van der Waals surface area contributed by atoms with Gasteiger partial charge < -0.3 is 9.84 Å². The normalized spacial score (nSPS) is 16.4. The number of carbonyl (C=O) groups excluding carboxylic acids is 3. The summed E-state index contributed by atoms with van der Waals surface area (Å²) in [6.45, 7) is 3.57. The van der Waals surface area contributed by atoms with Gasteiger partial charge in [-0.15, -0.1) is 22.7 Å². The van der Waals surface area contributed by atoms with Gasteiger partial charge in [0, 0.05) is 4.88 Å². The van der Waals surface area contributed by atoms with Gasteiger partial charge in [0.25, 0.3) is 5.91 Å². The zero-order valence-electron chi connectivity index (χ0n) is 15.9. The number of ether oxygens (including phenoxy) is 1. The number of Topliss-reactive ketones (excluding diaryl/α,β-unsaturated/α-hetero) is 1. The fourth-order valence-electron chi connectivity index (χ4n) is 3.16. The minimum Gasteiger partial charge on any atom is -0.503 e. The number of hydrogen-bond acceptors (Lipinski definition) is 9. The van der Waals surface area contributed by atoms with Crippen molar-refractivity contribution < 1.29 is 24.2 Å². The first kappa shape index (κ1) is 20.5. The van der Waals surface area contributed by atoms with Crippen molar-refractivity contribution in [2.24, 2.45) is 0 Å². The van der Waals surface area contributed by atoms with Gasteiger partial charge in [-0.1, -0.05) is 23.5 Å². The topological polar surface area (TPSA) is 96.8 Å². The summed E-state index contributed by atoms with van der Waals surface area (Å²) in [6.07, 6.45) is 0. The first-order chi connectivity index (χ1) is 14.4. The number of aryl methyl sites for hydroxylation is 1. The molecule has 10 heteroatoms. The number of thiophene rings is 2. The molecule has 1 aliphatic rings. The van der Waals surface area contributed by atoms with Gasteiger partial charge in [-0.25, -0.2) is 9.78 Å². The predicted molar refractivity (Wildman–Crippen MR) is 116 cm³/mol. The number of aromatic nitrogens is 1. The summed E-state index contributed by atoms with van der Waals surface area (Å²) >= 11 is 3.60. The minimum atomic E-state index is -0.826. The molecule has 0 saturated carbocycles. The predicted octanol–water partition coefficient (Wildman–Crippen LogP) is 4.53. The number of carbonyl (C=O) groups is 3. The van der Waals surface area contributed by atoms with E-state index < -0.39 is 29.5 Å². The number of anilines is 1.